The van der Waals surface area contributed by atoms with Crippen molar-refractivity contribution in [1.29, 1.82) is 0 Å². The van der Waals surface area contributed by atoms with E-state index in [0.717, 1.165) is 6.42 Å². The molecule has 1 aliphatic heterocycles. The van der Waals surface area contributed by atoms with E-state index in [1.54, 1.807) is 0 Å². The van der Waals surface area contributed by atoms with Crippen LogP contribution in [0.2, 0.25) is 0 Å². The van der Waals surface area contributed by atoms with Gasteiger partial charge in [0.05, 0.1) is 0 Å². The molecule has 1 aliphatic rings. The average molecular weight is 154 g/mol. The summed E-state index contributed by atoms with van der Waals surface area (Å²) in [5, 5.41) is 0. The van der Waals surface area contributed by atoms with E-state index in [1.807, 2.05) is 6.07 Å². The van der Waals surface area contributed by atoms with Crippen molar-refractivity contribution in [2.24, 2.45) is 0 Å². The van der Waals surface area contributed by atoms with Crippen LogP contribution in [-0.2, 0) is 6.42 Å². The predicted octanol–water partition coefficient (Wildman–Crippen LogP) is 2.18. The van der Waals surface area contributed by atoms with Crippen molar-refractivity contribution in [3.8, 4) is 5.69 Å². The van der Waals surface area contributed by atoms with E-state index >= 15 is 0 Å². The Hall–Kier alpha value is -1.50. The van der Waals surface area contributed by atoms with Crippen LogP contribution < -0.4 is 0 Å². The SMILES string of the molecule is [c]1ccn2c1Cc1ccccc1-2. The standard InChI is InChI=1S/C11H8N/c1-2-6-11-9(4-1)8-10-5-3-7-12(10)11/h1-4,6-7H,8H2. The zero-order valence-corrected chi connectivity index (χ0v) is 6.62. The van der Waals surface area contributed by atoms with Crippen molar-refractivity contribution >= 4 is 0 Å². The minimum absolute atomic E-state index is 1.03. The van der Waals surface area contributed by atoms with Gasteiger partial charge in [-0.15, -0.1) is 0 Å². The normalized spacial score (nSPS) is 12.7. The van der Waals surface area contributed by atoms with Crippen LogP contribution in [0.3, 0.4) is 0 Å². The van der Waals surface area contributed by atoms with Crippen LogP contribution in [0, 0.1) is 6.07 Å². The van der Waals surface area contributed by atoms with Crippen molar-refractivity contribution in [3.63, 3.8) is 0 Å². The lowest BCUT2D eigenvalue weighted by Gasteiger charge is -1.99. The second-order valence-electron chi connectivity index (χ2n) is 3.08. The van der Waals surface area contributed by atoms with Crippen LogP contribution in [0.1, 0.15) is 11.3 Å². The molecule has 0 N–H and O–H groups in total. The quantitative estimate of drug-likeness (QED) is 0.467. The van der Waals surface area contributed by atoms with E-state index in [0.29, 0.717) is 0 Å². The van der Waals surface area contributed by atoms with Gasteiger partial charge in [0.15, 0.2) is 0 Å². The third-order valence-corrected chi connectivity index (χ3v) is 2.37. The molecule has 3 rings (SSSR count). The Morgan fingerprint density at radius 1 is 1.25 bits per heavy atom. The predicted molar refractivity (Wildman–Crippen MR) is 47.4 cm³/mol. The van der Waals surface area contributed by atoms with Crippen molar-refractivity contribution < 1.29 is 0 Å². The molecule has 0 unspecified atom stereocenters. The molecule has 0 amide bonds. The Labute approximate surface area is 71.3 Å². The highest BCUT2D eigenvalue weighted by Gasteiger charge is 2.15. The lowest BCUT2D eigenvalue weighted by Crippen LogP contribution is -1.87. The largest absolute Gasteiger partial charge is 0.320 e. The number of hydrogen-bond acceptors (Lipinski definition) is 0. The van der Waals surface area contributed by atoms with Crippen molar-refractivity contribution in [2.75, 3.05) is 0 Å². The maximum Gasteiger partial charge on any atom is 0.0488 e. The van der Waals surface area contributed by atoms with Gasteiger partial charge in [-0.3, -0.25) is 0 Å². The molecule has 12 heavy (non-hydrogen) atoms. The first kappa shape index (κ1) is 6.06. The molecule has 1 nitrogen and oxygen atoms in total. The van der Waals surface area contributed by atoms with Crippen molar-refractivity contribution in [2.45, 2.75) is 6.42 Å². The number of fused-ring (bicyclic) bond motifs is 3. The number of aromatic nitrogens is 1. The second-order valence-corrected chi connectivity index (χ2v) is 3.08. The lowest BCUT2D eigenvalue weighted by atomic mass is 10.1. The van der Waals surface area contributed by atoms with Crippen molar-refractivity contribution in [3.05, 3.63) is 53.9 Å². The van der Waals surface area contributed by atoms with Gasteiger partial charge in [0.2, 0.25) is 0 Å². The number of benzene rings is 1. The zero-order chi connectivity index (χ0) is 7.97. The summed E-state index contributed by atoms with van der Waals surface area (Å²) in [5.74, 6) is 0. The molecular weight excluding hydrogens is 146 g/mol. The maximum atomic E-state index is 3.23. The average Bonchev–Trinajstić information content (AvgIpc) is 2.62. The molecule has 2 heterocycles. The molecule has 1 aromatic carbocycles. The van der Waals surface area contributed by atoms with Crippen LogP contribution in [0.15, 0.2) is 36.5 Å². The van der Waals surface area contributed by atoms with E-state index < -0.39 is 0 Å². The fourth-order valence-corrected chi connectivity index (χ4v) is 1.81. The van der Waals surface area contributed by atoms with E-state index in [-0.39, 0.29) is 0 Å². The molecule has 0 bridgehead atoms. The molecule has 0 saturated heterocycles. The van der Waals surface area contributed by atoms with Crippen LogP contribution >= 0.6 is 0 Å². The van der Waals surface area contributed by atoms with Gasteiger partial charge in [-0.05, 0) is 17.7 Å². The van der Waals surface area contributed by atoms with Gasteiger partial charge in [0, 0.05) is 30.1 Å². The summed E-state index contributed by atoms with van der Waals surface area (Å²) in [4.78, 5) is 0. The van der Waals surface area contributed by atoms with Crippen molar-refractivity contribution in [1.82, 2.24) is 4.57 Å². The van der Waals surface area contributed by atoms with Gasteiger partial charge in [-0.1, -0.05) is 18.2 Å². The maximum absolute atomic E-state index is 3.23. The number of nitrogens with zero attached hydrogens (tertiary/aromatic N) is 1. The zero-order valence-electron chi connectivity index (χ0n) is 6.62. The van der Waals surface area contributed by atoms with Crippen LogP contribution in [0.25, 0.3) is 5.69 Å². The van der Waals surface area contributed by atoms with Gasteiger partial charge in [0.25, 0.3) is 0 Å². The number of rotatable bonds is 0. The van der Waals surface area contributed by atoms with E-state index in [9.17, 15) is 0 Å². The summed E-state index contributed by atoms with van der Waals surface area (Å²) < 4.78 is 2.20. The highest BCUT2D eigenvalue weighted by atomic mass is 15.0. The first-order chi connectivity index (χ1) is 5.95. The summed E-state index contributed by atoms with van der Waals surface area (Å²) in [6.45, 7) is 0. The Kier molecular flexibility index (Phi) is 1.01. The Bertz CT molecular complexity index is 426. The fourth-order valence-electron chi connectivity index (χ4n) is 1.81. The first-order valence-corrected chi connectivity index (χ1v) is 4.11. The summed E-state index contributed by atoms with van der Waals surface area (Å²) in [6, 6.07) is 13.7. The summed E-state index contributed by atoms with van der Waals surface area (Å²) in [7, 11) is 0. The van der Waals surface area contributed by atoms with E-state index in [2.05, 4.69) is 41.1 Å². The molecule has 1 radical (unpaired) electrons. The molecule has 1 heteroatoms. The van der Waals surface area contributed by atoms with Crippen LogP contribution in [-0.4, -0.2) is 4.57 Å². The van der Waals surface area contributed by atoms with Gasteiger partial charge in [0.1, 0.15) is 0 Å². The second kappa shape index (κ2) is 2.01. The molecule has 2 aromatic rings. The smallest absolute Gasteiger partial charge is 0.0488 e. The molecule has 0 aliphatic carbocycles. The molecule has 0 atom stereocenters. The number of para-hydroxylation sites is 1. The van der Waals surface area contributed by atoms with E-state index in [1.165, 1.54) is 16.9 Å². The molecule has 1 aromatic heterocycles. The minimum atomic E-state index is 1.03. The molecule has 0 fully saturated rings. The van der Waals surface area contributed by atoms with Gasteiger partial charge >= 0.3 is 0 Å². The topological polar surface area (TPSA) is 4.93 Å². The highest BCUT2D eigenvalue weighted by molar-refractivity contribution is 5.49. The highest BCUT2D eigenvalue weighted by Crippen LogP contribution is 2.26. The Morgan fingerprint density at radius 2 is 2.17 bits per heavy atom. The monoisotopic (exact) mass is 154 g/mol. The van der Waals surface area contributed by atoms with Gasteiger partial charge in [-0.2, -0.15) is 0 Å². The van der Waals surface area contributed by atoms with Crippen LogP contribution in [0.5, 0.6) is 0 Å². The first-order valence-electron chi connectivity index (χ1n) is 4.11. The molecular formula is C11H8N. The third kappa shape index (κ3) is 0.632. The number of hydrogen-bond donors (Lipinski definition) is 0. The third-order valence-electron chi connectivity index (χ3n) is 2.37. The molecule has 57 valence electrons. The fraction of sp³-hybridized carbons (Fsp3) is 0.0909. The Balaban J connectivity index is 2.34. The summed E-state index contributed by atoms with van der Waals surface area (Å²) in [6.07, 6.45) is 3.10. The lowest BCUT2D eigenvalue weighted by molar-refractivity contribution is 1.05. The Morgan fingerprint density at radius 3 is 3.17 bits per heavy atom. The molecule has 0 saturated carbocycles. The van der Waals surface area contributed by atoms with E-state index in [4.69, 9.17) is 0 Å². The van der Waals surface area contributed by atoms with Gasteiger partial charge in [-0.25, -0.2) is 0 Å². The summed E-state index contributed by atoms with van der Waals surface area (Å²) >= 11 is 0. The van der Waals surface area contributed by atoms with Gasteiger partial charge < -0.3 is 4.57 Å². The van der Waals surface area contributed by atoms with Crippen LogP contribution in [0.4, 0.5) is 0 Å². The molecule has 0 spiro atoms. The summed E-state index contributed by atoms with van der Waals surface area (Å²) in [5.41, 5.74) is 3.99. The minimum Gasteiger partial charge on any atom is -0.320 e.